The lowest BCUT2D eigenvalue weighted by Gasteiger charge is -2.07. The maximum Gasteiger partial charge on any atom is 0.328 e. The zero-order valence-corrected chi connectivity index (χ0v) is 11.7. The second-order valence-corrected chi connectivity index (χ2v) is 4.58. The molecule has 2 N–H and O–H groups in total. The lowest BCUT2D eigenvalue weighted by atomic mass is 10.1. The molecule has 0 atom stereocenters. The first-order valence-corrected chi connectivity index (χ1v) is 6.61. The molecule has 0 fully saturated rings. The van der Waals surface area contributed by atoms with E-state index in [0.29, 0.717) is 13.0 Å². The molecule has 0 aliphatic carbocycles. The highest BCUT2D eigenvalue weighted by Crippen LogP contribution is 2.25. The van der Waals surface area contributed by atoms with Gasteiger partial charge in [0.1, 0.15) is 11.6 Å². The van der Waals surface area contributed by atoms with E-state index in [1.807, 2.05) is 24.3 Å². The van der Waals surface area contributed by atoms with Gasteiger partial charge in [-0.1, -0.05) is 24.3 Å². The molecule has 0 aliphatic rings. The number of aliphatic hydroxyl groups excluding tert-OH is 1. The quantitative estimate of drug-likeness (QED) is 0.623. The van der Waals surface area contributed by atoms with Crippen LogP contribution in [0.2, 0.25) is 0 Å². The van der Waals surface area contributed by atoms with Crippen LogP contribution in [0.3, 0.4) is 0 Å². The number of pyridine rings is 1. The summed E-state index contributed by atoms with van der Waals surface area (Å²) in [6.07, 6.45) is 2.01. The summed E-state index contributed by atoms with van der Waals surface area (Å²) in [5.74, 6) is 0.0935. The Morgan fingerprint density at radius 2 is 1.95 bits per heavy atom. The van der Waals surface area contributed by atoms with Gasteiger partial charge in [0.05, 0.1) is 11.5 Å². The smallest absolute Gasteiger partial charge is 0.328 e. The number of hydrogen-bond donors (Lipinski definition) is 2. The number of nitro groups is 1. The molecule has 0 aliphatic heterocycles. The van der Waals surface area contributed by atoms with Crippen molar-refractivity contribution in [3.8, 4) is 6.07 Å². The van der Waals surface area contributed by atoms with Crippen LogP contribution in [0.15, 0.2) is 36.5 Å². The Morgan fingerprint density at radius 1 is 1.27 bits per heavy atom. The first-order valence-electron chi connectivity index (χ1n) is 6.61. The van der Waals surface area contributed by atoms with Crippen LogP contribution in [-0.4, -0.2) is 21.6 Å². The fourth-order valence-corrected chi connectivity index (χ4v) is 1.99. The zero-order valence-electron chi connectivity index (χ0n) is 11.7. The Bertz CT molecular complexity index is 708. The van der Waals surface area contributed by atoms with Crippen molar-refractivity contribution in [3.05, 3.63) is 63.3 Å². The molecule has 0 bridgehead atoms. The number of benzene rings is 1. The minimum atomic E-state index is -0.607. The summed E-state index contributed by atoms with van der Waals surface area (Å²) >= 11 is 0. The van der Waals surface area contributed by atoms with Gasteiger partial charge in [0.25, 0.3) is 0 Å². The number of nitrogens with one attached hydrogen (secondary N) is 1. The number of anilines is 1. The summed E-state index contributed by atoms with van der Waals surface area (Å²) < 4.78 is 0. The number of nitriles is 1. The van der Waals surface area contributed by atoms with Gasteiger partial charge in [-0.15, -0.1) is 0 Å². The van der Waals surface area contributed by atoms with Crippen LogP contribution in [0.5, 0.6) is 0 Å². The predicted molar refractivity (Wildman–Crippen MR) is 80.2 cm³/mol. The Hall–Kier alpha value is -2.98. The van der Waals surface area contributed by atoms with Crippen molar-refractivity contribution in [1.82, 2.24) is 4.98 Å². The predicted octanol–water partition coefficient (Wildman–Crippen LogP) is 2.01. The Kier molecular flexibility index (Phi) is 5.01. The van der Waals surface area contributed by atoms with Gasteiger partial charge in [-0.2, -0.15) is 5.26 Å². The van der Waals surface area contributed by atoms with Gasteiger partial charge in [-0.25, -0.2) is 4.98 Å². The Balaban J connectivity index is 2.05. The summed E-state index contributed by atoms with van der Waals surface area (Å²) in [5.41, 5.74) is 1.54. The van der Waals surface area contributed by atoms with Crippen LogP contribution in [0.25, 0.3) is 0 Å². The topological polar surface area (TPSA) is 112 Å². The molecule has 0 spiro atoms. The molecular formula is C15H14N4O3. The number of hydrogen-bond acceptors (Lipinski definition) is 6. The molecule has 1 aromatic carbocycles. The van der Waals surface area contributed by atoms with Gasteiger partial charge < -0.3 is 10.4 Å². The molecule has 112 valence electrons. The van der Waals surface area contributed by atoms with E-state index in [4.69, 9.17) is 10.4 Å². The molecule has 7 heteroatoms. The van der Waals surface area contributed by atoms with Crippen LogP contribution in [0, 0.1) is 21.4 Å². The number of aliphatic hydroxyl groups is 1. The summed E-state index contributed by atoms with van der Waals surface area (Å²) in [6, 6.07) is 10.5. The third kappa shape index (κ3) is 3.56. The van der Waals surface area contributed by atoms with Crippen molar-refractivity contribution in [2.75, 3.05) is 11.9 Å². The van der Waals surface area contributed by atoms with E-state index < -0.39 is 4.92 Å². The fourth-order valence-electron chi connectivity index (χ4n) is 1.99. The number of aromatic nitrogens is 1. The molecule has 2 aromatic rings. The van der Waals surface area contributed by atoms with E-state index in [2.05, 4.69) is 10.3 Å². The summed E-state index contributed by atoms with van der Waals surface area (Å²) in [5, 5.41) is 31.8. The summed E-state index contributed by atoms with van der Waals surface area (Å²) in [6.45, 7) is 0.441. The molecule has 0 saturated heterocycles. The lowest BCUT2D eigenvalue weighted by Crippen LogP contribution is -2.09. The molecule has 0 radical (unpaired) electrons. The van der Waals surface area contributed by atoms with E-state index in [-0.39, 0.29) is 23.7 Å². The summed E-state index contributed by atoms with van der Waals surface area (Å²) in [4.78, 5) is 14.4. The molecule has 0 amide bonds. The van der Waals surface area contributed by atoms with Crippen LogP contribution >= 0.6 is 0 Å². The van der Waals surface area contributed by atoms with Crippen molar-refractivity contribution in [2.24, 2.45) is 0 Å². The fraction of sp³-hybridized carbons (Fsp3) is 0.200. The average molecular weight is 298 g/mol. The zero-order chi connectivity index (χ0) is 15.9. The highest BCUT2D eigenvalue weighted by Gasteiger charge is 2.20. The molecule has 2 rings (SSSR count). The highest BCUT2D eigenvalue weighted by molar-refractivity contribution is 5.64. The van der Waals surface area contributed by atoms with Crippen LogP contribution in [0.4, 0.5) is 11.5 Å². The molecular weight excluding hydrogens is 284 g/mol. The minimum absolute atomic E-state index is 0.00437. The highest BCUT2D eigenvalue weighted by atomic mass is 16.6. The van der Waals surface area contributed by atoms with Gasteiger partial charge >= 0.3 is 5.69 Å². The van der Waals surface area contributed by atoms with Crippen LogP contribution in [-0.2, 0) is 13.0 Å². The summed E-state index contributed by atoms with van der Waals surface area (Å²) in [7, 11) is 0. The lowest BCUT2D eigenvalue weighted by molar-refractivity contribution is -0.384. The van der Waals surface area contributed by atoms with Gasteiger partial charge in [0.2, 0.25) is 5.82 Å². The molecule has 22 heavy (non-hydrogen) atoms. The SMILES string of the molecule is N#Cc1ccnc(NCCc2ccc(CO)cc2)c1[N+](=O)[O-]. The van der Waals surface area contributed by atoms with E-state index in [1.54, 1.807) is 6.07 Å². The Morgan fingerprint density at radius 3 is 2.55 bits per heavy atom. The average Bonchev–Trinajstić information content (AvgIpc) is 2.55. The Labute approximate surface area is 127 Å². The second kappa shape index (κ2) is 7.15. The van der Waals surface area contributed by atoms with Crippen molar-refractivity contribution in [3.63, 3.8) is 0 Å². The molecule has 7 nitrogen and oxygen atoms in total. The van der Waals surface area contributed by atoms with Crippen LogP contribution in [0.1, 0.15) is 16.7 Å². The number of nitrogens with zero attached hydrogens (tertiary/aromatic N) is 3. The monoisotopic (exact) mass is 298 g/mol. The van der Waals surface area contributed by atoms with E-state index in [1.165, 1.54) is 12.3 Å². The molecule has 0 saturated carbocycles. The van der Waals surface area contributed by atoms with Crippen molar-refractivity contribution >= 4 is 11.5 Å². The minimum Gasteiger partial charge on any atom is -0.392 e. The number of rotatable bonds is 6. The third-order valence-corrected chi connectivity index (χ3v) is 3.14. The largest absolute Gasteiger partial charge is 0.392 e. The van der Waals surface area contributed by atoms with Crippen LogP contribution < -0.4 is 5.32 Å². The van der Waals surface area contributed by atoms with E-state index >= 15 is 0 Å². The van der Waals surface area contributed by atoms with Gasteiger partial charge in [0.15, 0.2) is 0 Å². The van der Waals surface area contributed by atoms with E-state index in [0.717, 1.165) is 11.1 Å². The first-order chi connectivity index (χ1) is 10.7. The van der Waals surface area contributed by atoms with Gasteiger partial charge in [0, 0.05) is 12.7 Å². The molecule has 1 aromatic heterocycles. The second-order valence-electron chi connectivity index (χ2n) is 4.58. The van der Waals surface area contributed by atoms with E-state index in [9.17, 15) is 10.1 Å². The van der Waals surface area contributed by atoms with Gasteiger partial charge in [-0.05, 0) is 23.6 Å². The van der Waals surface area contributed by atoms with Crippen molar-refractivity contribution in [2.45, 2.75) is 13.0 Å². The maximum absolute atomic E-state index is 11.1. The standard InChI is InChI=1S/C15H14N4O3/c16-9-13-6-8-18-15(14(13)19(21)22)17-7-5-11-1-3-12(10-20)4-2-11/h1-4,6,8,20H,5,7,10H2,(H,17,18). The third-order valence-electron chi connectivity index (χ3n) is 3.14. The van der Waals surface area contributed by atoms with Gasteiger partial charge in [-0.3, -0.25) is 10.1 Å². The molecule has 0 unspecified atom stereocenters. The normalized spacial score (nSPS) is 10.0. The first kappa shape index (κ1) is 15.4. The van der Waals surface area contributed by atoms with Crippen molar-refractivity contribution in [1.29, 1.82) is 5.26 Å². The maximum atomic E-state index is 11.1. The van der Waals surface area contributed by atoms with Crippen molar-refractivity contribution < 1.29 is 10.0 Å². The molecule has 1 heterocycles.